The number of amides is 1. The van der Waals surface area contributed by atoms with Gasteiger partial charge in [-0.05, 0) is 54.5 Å². The van der Waals surface area contributed by atoms with Gasteiger partial charge in [-0.1, -0.05) is 36.4 Å². The van der Waals surface area contributed by atoms with Crippen LogP contribution in [0, 0.1) is 0 Å². The van der Waals surface area contributed by atoms with E-state index in [0.29, 0.717) is 25.6 Å². The Morgan fingerprint density at radius 2 is 1.74 bits per heavy atom. The highest BCUT2D eigenvalue weighted by atomic mass is 16.6. The highest BCUT2D eigenvalue weighted by molar-refractivity contribution is 5.70. The molecule has 5 rings (SSSR count). The summed E-state index contributed by atoms with van der Waals surface area (Å²) < 4.78 is 10.7. The molecule has 2 aromatic rings. The molecule has 2 heterocycles. The lowest BCUT2D eigenvalue weighted by atomic mass is 9.96. The average Bonchev–Trinajstić information content (AvgIpc) is 3.18. The van der Waals surface area contributed by atoms with Crippen molar-refractivity contribution in [2.45, 2.75) is 44.8 Å². The van der Waals surface area contributed by atoms with Crippen molar-refractivity contribution in [1.29, 1.82) is 0 Å². The van der Waals surface area contributed by atoms with E-state index in [1.807, 2.05) is 42.2 Å². The topological polar surface area (TPSA) is 62.3 Å². The molecule has 0 radical (unpaired) electrons. The largest absolute Gasteiger partial charge is 0.466 e. The van der Waals surface area contributed by atoms with Gasteiger partial charge in [0.15, 0.2) is 0 Å². The van der Waals surface area contributed by atoms with Crippen LogP contribution in [0.3, 0.4) is 0 Å². The van der Waals surface area contributed by atoms with Crippen molar-refractivity contribution in [2.75, 3.05) is 50.8 Å². The molecule has 7 nitrogen and oxygen atoms in total. The Labute approximate surface area is 207 Å². The molecular formula is C28H35N3O4. The van der Waals surface area contributed by atoms with Gasteiger partial charge in [-0.2, -0.15) is 0 Å². The maximum absolute atomic E-state index is 13.0. The van der Waals surface area contributed by atoms with E-state index in [1.54, 1.807) is 0 Å². The molecule has 1 unspecified atom stereocenters. The number of likely N-dealkylation sites (tertiary alicyclic amines) is 1. The summed E-state index contributed by atoms with van der Waals surface area (Å²) in [5, 5.41) is 0. The number of piperidine rings is 1. The molecule has 0 aromatic heterocycles. The molecule has 0 N–H and O–H groups in total. The minimum absolute atomic E-state index is 0.0952. The van der Waals surface area contributed by atoms with Crippen molar-refractivity contribution in [3.63, 3.8) is 0 Å². The number of benzene rings is 2. The van der Waals surface area contributed by atoms with Crippen LogP contribution >= 0.6 is 0 Å². The zero-order valence-corrected chi connectivity index (χ0v) is 20.5. The highest BCUT2D eigenvalue weighted by Crippen LogP contribution is 2.50. The van der Waals surface area contributed by atoms with Gasteiger partial charge in [0.05, 0.1) is 19.1 Å². The Hall–Kier alpha value is -3.06. The van der Waals surface area contributed by atoms with Gasteiger partial charge in [0.25, 0.3) is 0 Å². The standard InChI is InChI=1S/C28H35N3O4/c1-2-34-27(32)11-12-29-14-16-30(17-15-29)23-8-9-24-22-10-13-31(26(18-22)25(24)19-23)28(33)35-20-21-6-4-3-5-7-21/h3-9,19,22,26H,2,10-18,20H2,1H3/t22?,26-/m0/s1. The molecule has 3 aliphatic rings. The van der Waals surface area contributed by atoms with Crippen molar-refractivity contribution in [2.24, 2.45) is 0 Å². The van der Waals surface area contributed by atoms with E-state index in [-0.39, 0.29) is 18.1 Å². The van der Waals surface area contributed by atoms with Gasteiger partial charge in [-0.15, -0.1) is 0 Å². The van der Waals surface area contributed by atoms with Crippen molar-refractivity contribution in [1.82, 2.24) is 9.80 Å². The minimum Gasteiger partial charge on any atom is -0.466 e. The first-order chi connectivity index (χ1) is 17.1. The van der Waals surface area contributed by atoms with Gasteiger partial charge in [-0.3, -0.25) is 9.69 Å². The molecule has 186 valence electrons. The third-order valence-electron chi connectivity index (χ3n) is 7.59. The fraction of sp³-hybridized carbons (Fsp3) is 0.500. The number of hydrogen-bond donors (Lipinski definition) is 0. The van der Waals surface area contributed by atoms with Crippen LogP contribution < -0.4 is 4.90 Å². The quantitative estimate of drug-likeness (QED) is 0.553. The maximum Gasteiger partial charge on any atom is 0.410 e. The van der Waals surface area contributed by atoms with Crippen molar-refractivity contribution >= 4 is 17.7 Å². The lowest BCUT2D eigenvalue weighted by Crippen LogP contribution is -2.47. The Morgan fingerprint density at radius 3 is 2.51 bits per heavy atom. The summed E-state index contributed by atoms with van der Waals surface area (Å²) in [7, 11) is 0. The second kappa shape index (κ2) is 10.7. The second-order valence-corrected chi connectivity index (χ2v) is 9.67. The summed E-state index contributed by atoms with van der Waals surface area (Å²) in [6, 6.07) is 16.8. The number of anilines is 1. The van der Waals surface area contributed by atoms with E-state index in [0.717, 1.165) is 57.7 Å². The van der Waals surface area contributed by atoms with Gasteiger partial charge in [-0.25, -0.2) is 4.79 Å². The third-order valence-corrected chi connectivity index (χ3v) is 7.59. The molecule has 0 spiro atoms. The van der Waals surface area contributed by atoms with Crippen molar-refractivity contribution in [3.8, 4) is 0 Å². The van der Waals surface area contributed by atoms with Crippen LogP contribution in [-0.2, 0) is 20.9 Å². The molecular weight excluding hydrogens is 442 g/mol. The third kappa shape index (κ3) is 5.30. The predicted octanol–water partition coefficient (Wildman–Crippen LogP) is 4.33. The smallest absolute Gasteiger partial charge is 0.410 e. The normalized spacial score (nSPS) is 21.5. The van der Waals surface area contributed by atoms with Crippen LogP contribution in [0.2, 0.25) is 0 Å². The van der Waals surface area contributed by atoms with Gasteiger partial charge in [0.2, 0.25) is 0 Å². The predicted molar refractivity (Wildman–Crippen MR) is 134 cm³/mol. The van der Waals surface area contributed by atoms with E-state index < -0.39 is 0 Å². The molecule has 2 aliphatic heterocycles. The SMILES string of the molecule is CCOC(=O)CCN1CCN(c2ccc3c(c2)[C@@H]2CC3CCN2C(=O)OCc2ccccc2)CC1. The van der Waals surface area contributed by atoms with Gasteiger partial charge in [0.1, 0.15) is 6.61 Å². The molecule has 1 amide bonds. The highest BCUT2D eigenvalue weighted by Gasteiger charge is 2.41. The maximum atomic E-state index is 13.0. The molecule has 0 saturated carbocycles. The summed E-state index contributed by atoms with van der Waals surface area (Å²) in [5.74, 6) is 0.411. The zero-order valence-electron chi connectivity index (χ0n) is 20.5. The number of carbonyl (C=O) groups is 2. The monoisotopic (exact) mass is 477 g/mol. The zero-order chi connectivity index (χ0) is 24.2. The van der Waals surface area contributed by atoms with E-state index in [4.69, 9.17) is 9.47 Å². The number of nitrogens with zero attached hydrogens (tertiary/aromatic N) is 3. The molecule has 7 heteroatoms. The van der Waals surface area contributed by atoms with Gasteiger partial charge < -0.3 is 19.3 Å². The molecule has 2 fully saturated rings. The Kier molecular flexibility index (Phi) is 7.23. The molecule has 35 heavy (non-hydrogen) atoms. The van der Waals surface area contributed by atoms with E-state index >= 15 is 0 Å². The molecule has 2 bridgehead atoms. The fourth-order valence-electron chi connectivity index (χ4n) is 5.69. The Balaban J connectivity index is 1.20. The number of fused-ring (bicyclic) bond motifs is 5. The summed E-state index contributed by atoms with van der Waals surface area (Å²) >= 11 is 0. The van der Waals surface area contributed by atoms with E-state index in [2.05, 4.69) is 28.0 Å². The number of piperazine rings is 1. The van der Waals surface area contributed by atoms with Crippen LogP contribution in [0.15, 0.2) is 48.5 Å². The molecule has 2 saturated heterocycles. The number of rotatable bonds is 7. The van der Waals surface area contributed by atoms with Crippen LogP contribution in [0.1, 0.15) is 54.8 Å². The summed E-state index contributed by atoms with van der Waals surface area (Å²) in [4.78, 5) is 31.3. The van der Waals surface area contributed by atoms with Crippen molar-refractivity contribution in [3.05, 3.63) is 65.2 Å². The summed E-state index contributed by atoms with van der Waals surface area (Å²) in [5.41, 5.74) is 4.90. The number of carbonyl (C=O) groups excluding carboxylic acids is 2. The molecule has 2 atom stereocenters. The first kappa shape index (κ1) is 23.7. The molecule has 1 aliphatic carbocycles. The van der Waals surface area contributed by atoms with Gasteiger partial charge >= 0.3 is 12.1 Å². The Bertz CT molecular complexity index is 1040. The van der Waals surface area contributed by atoms with Gasteiger partial charge in [0, 0.05) is 45.0 Å². The lowest BCUT2D eigenvalue weighted by Gasteiger charge is -2.36. The van der Waals surface area contributed by atoms with Crippen LogP contribution in [-0.4, -0.2) is 67.7 Å². The number of esters is 1. The van der Waals surface area contributed by atoms with Crippen LogP contribution in [0.4, 0.5) is 10.5 Å². The number of ether oxygens (including phenoxy) is 2. The van der Waals surface area contributed by atoms with E-state index in [9.17, 15) is 9.59 Å². The second-order valence-electron chi connectivity index (χ2n) is 9.67. The first-order valence-corrected chi connectivity index (χ1v) is 12.9. The fourth-order valence-corrected chi connectivity index (χ4v) is 5.69. The summed E-state index contributed by atoms with van der Waals surface area (Å²) in [6.07, 6.45) is 2.21. The van der Waals surface area contributed by atoms with Crippen LogP contribution in [0.5, 0.6) is 0 Å². The summed E-state index contributed by atoms with van der Waals surface area (Å²) in [6.45, 7) is 7.80. The molecule has 2 aromatic carbocycles. The van der Waals surface area contributed by atoms with E-state index in [1.165, 1.54) is 16.8 Å². The number of hydrogen-bond acceptors (Lipinski definition) is 6. The minimum atomic E-state index is -0.217. The Morgan fingerprint density at radius 1 is 0.943 bits per heavy atom. The lowest BCUT2D eigenvalue weighted by molar-refractivity contribution is -0.143. The average molecular weight is 478 g/mol. The first-order valence-electron chi connectivity index (χ1n) is 12.9. The van der Waals surface area contributed by atoms with Crippen molar-refractivity contribution < 1.29 is 19.1 Å². The van der Waals surface area contributed by atoms with Crippen LogP contribution in [0.25, 0.3) is 0 Å².